The molecule has 0 saturated carbocycles. The molecule has 1 heterocycles. The van der Waals surface area contributed by atoms with Crippen molar-refractivity contribution in [2.75, 3.05) is 6.54 Å². The number of rotatable bonds is 3. The monoisotopic (exact) mass is 254 g/mol. The lowest BCUT2D eigenvalue weighted by molar-refractivity contribution is 0.0950. The molecule has 0 saturated heterocycles. The van der Waals surface area contributed by atoms with Crippen molar-refractivity contribution in [3.05, 3.63) is 59.5 Å². The van der Waals surface area contributed by atoms with Crippen LogP contribution in [0.1, 0.15) is 21.5 Å². The maximum absolute atomic E-state index is 11.7. The largest absolute Gasteiger partial charge is 0.472 e. The highest BCUT2D eigenvalue weighted by Gasteiger charge is 2.05. The third kappa shape index (κ3) is 3.73. The van der Waals surface area contributed by atoms with Crippen LogP contribution in [0.5, 0.6) is 0 Å². The summed E-state index contributed by atoms with van der Waals surface area (Å²) in [6.45, 7) is 0.781. The SMILES string of the molecule is NCC#Cc1cccc(CNC(=O)c2ccoc2)c1. The minimum atomic E-state index is -0.160. The van der Waals surface area contributed by atoms with E-state index in [1.807, 2.05) is 24.3 Å². The molecule has 0 fully saturated rings. The normalized spacial score (nSPS) is 9.53. The first-order chi connectivity index (χ1) is 9.29. The first kappa shape index (κ1) is 12.9. The van der Waals surface area contributed by atoms with Gasteiger partial charge < -0.3 is 15.5 Å². The second kappa shape index (κ2) is 6.43. The number of benzene rings is 1. The van der Waals surface area contributed by atoms with Crippen molar-refractivity contribution < 1.29 is 9.21 Å². The molecule has 0 unspecified atom stereocenters. The van der Waals surface area contributed by atoms with Crippen molar-refractivity contribution in [2.45, 2.75) is 6.54 Å². The summed E-state index contributed by atoms with van der Waals surface area (Å²) in [5.41, 5.74) is 7.72. The first-order valence-electron chi connectivity index (χ1n) is 5.88. The molecule has 0 bridgehead atoms. The van der Waals surface area contributed by atoms with Crippen molar-refractivity contribution in [3.63, 3.8) is 0 Å². The highest BCUT2D eigenvalue weighted by atomic mass is 16.3. The second-order valence-corrected chi connectivity index (χ2v) is 3.90. The third-order valence-corrected chi connectivity index (χ3v) is 2.50. The van der Waals surface area contributed by atoms with Gasteiger partial charge >= 0.3 is 0 Å². The zero-order valence-electron chi connectivity index (χ0n) is 10.3. The van der Waals surface area contributed by atoms with Crippen LogP contribution < -0.4 is 11.1 Å². The Morgan fingerprint density at radius 2 is 2.26 bits per heavy atom. The number of hydrogen-bond donors (Lipinski definition) is 2. The van der Waals surface area contributed by atoms with Crippen LogP contribution >= 0.6 is 0 Å². The van der Waals surface area contributed by atoms with Gasteiger partial charge in [-0.1, -0.05) is 24.0 Å². The molecule has 3 N–H and O–H groups in total. The summed E-state index contributed by atoms with van der Waals surface area (Å²) >= 11 is 0. The van der Waals surface area contributed by atoms with Crippen molar-refractivity contribution in [3.8, 4) is 11.8 Å². The summed E-state index contributed by atoms with van der Waals surface area (Å²) in [5, 5.41) is 2.81. The van der Waals surface area contributed by atoms with Gasteiger partial charge in [0.1, 0.15) is 6.26 Å². The average Bonchev–Trinajstić information content (AvgIpc) is 2.97. The van der Waals surface area contributed by atoms with E-state index in [2.05, 4.69) is 17.2 Å². The summed E-state index contributed by atoms with van der Waals surface area (Å²) < 4.78 is 4.86. The standard InChI is InChI=1S/C15H14N2O2/c16-7-2-5-12-3-1-4-13(9-12)10-17-15(18)14-6-8-19-11-14/h1,3-4,6,8-9,11H,7,10,16H2,(H,17,18). The molecule has 1 amide bonds. The Balaban J connectivity index is 1.98. The van der Waals surface area contributed by atoms with Gasteiger partial charge in [0.25, 0.3) is 5.91 Å². The maximum Gasteiger partial charge on any atom is 0.254 e. The van der Waals surface area contributed by atoms with Gasteiger partial charge in [0.15, 0.2) is 0 Å². The van der Waals surface area contributed by atoms with Crippen molar-refractivity contribution >= 4 is 5.91 Å². The number of carbonyl (C=O) groups excluding carboxylic acids is 1. The van der Waals surface area contributed by atoms with Crippen LogP contribution in [0.15, 0.2) is 47.3 Å². The van der Waals surface area contributed by atoms with Crippen LogP contribution in [0.3, 0.4) is 0 Å². The average molecular weight is 254 g/mol. The Morgan fingerprint density at radius 3 is 3.00 bits per heavy atom. The highest BCUT2D eigenvalue weighted by molar-refractivity contribution is 5.93. The molecule has 2 rings (SSSR count). The van der Waals surface area contributed by atoms with Gasteiger partial charge in [-0.2, -0.15) is 0 Å². The van der Waals surface area contributed by atoms with E-state index in [4.69, 9.17) is 10.2 Å². The smallest absolute Gasteiger partial charge is 0.254 e. The van der Waals surface area contributed by atoms with Crippen molar-refractivity contribution in [1.29, 1.82) is 0 Å². The van der Waals surface area contributed by atoms with Crippen LogP contribution in [-0.4, -0.2) is 12.5 Å². The van der Waals surface area contributed by atoms with E-state index in [9.17, 15) is 4.79 Å². The zero-order valence-corrected chi connectivity index (χ0v) is 10.3. The lowest BCUT2D eigenvalue weighted by atomic mass is 10.1. The topological polar surface area (TPSA) is 68.3 Å². The van der Waals surface area contributed by atoms with Gasteiger partial charge in [-0.25, -0.2) is 0 Å². The molecular weight excluding hydrogens is 240 g/mol. The molecule has 1 aromatic heterocycles. The quantitative estimate of drug-likeness (QED) is 0.816. The number of furan rings is 1. The minimum Gasteiger partial charge on any atom is -0.472 e. The molecule has 19 heavy (non-hydrogen) atoms. The molecule has 96 valence electrons. The van der Waals surface area contributed by atoms with E-state index in [0.717, 1.165) is 11.1 Å². The Labute approximate surface area is 111 Å². The Hall–Kier alpha value is -2.51. The van der Waals surface area contributed by atoms with Crippen molar-refractivity contribution in [2.24, 2.45) is 5.73 Å². The second-order valence-electron chi connectivity index (χ2n) is 3.90. The number of amides is 1. The summed E-state index contributed by atoms with van der Waals surface area (Å²) in [6.07, 6.45) is 2.89. The van der Waals surface area contributed by atoms with Gasteiger partial charge in [-0.05, 0) is 23.8 Å². The molecule has 2 aromatic rings. The molecular formula is C15H14N2O2. The number of carbonyl (C=O) groups is 1. The molecule has 0 radical (unpaired) electrons. The molecule has 1 aromatic carbocycles. The van der Waals surface area contributed by atoms with Crippen LogP contribution in [0.2, 0.25) is 0 Å². The van der Waals surface area contributed by atoms with Crippen LogP contribution in [-0.2, 0) is 6.54 Å². The molecule has 4 nitrogen and oxygen atoms in total. The predicted molar refractivity (Wildman–Crippen MR) is 72.3 cm³/mol. The van der Waals surface area contributed by atoms with E-state index in [1.165, 1.54) is 12.5 Å². The molecule has 0 aliphatic heterocycles. The molecule has 0 aliphatic carbocycles. The zero-order chi connectivity index (χ0) is 13.5. The summed E-state index contributed by atoms with van der Waals surface area (Å²) in [4.78, 5) is 11.7. The summed E-state index contributed by atoms with van der Waals surface area (Å²) in [6, 6.07) is 9.30. The van der Waals surface area contributed by atoms with Crippen molar-refractivity contribution in [1.82, 2.24) is 5.32 Å². The first-order valence-corrected chi connectivity index (χ1v) is 5.88. The molecule has 4 heteroatoms. The van der Waals surface area contributed by atoms with Gasteiger partial charge in [0, 0.05) is 12.1 Å². The maximum atomic E-state index is 11.7. The minimum absolute atomic E-state index is 0.160. The lowest BCUT2D eigenvalue weighted by Gasteiger charge is -2.04. The van der Waals surface area contributed by atoms with Gasteiger partial charge in [0.05, 0.1) is 18.4 Å². The molecule has 0 spiro atoms. The van der Waals surface area contributed by atoms with E-state index in [-0.39, 0.29) is 5.91 Å². The number of hydrogen-bond acceptors (Lipinski definition) is 3. The van der Waals surface area contributed by atoms with E-state index >= 15 is 0 Å². The molecule has 0 atom stereocenters. The summed E-state index contributed by atoms with van der Waals surface area (Å²) in [5.74, 6) is 5.59. The number of nitrogens with one attached hydrogen (secondary N) is 1. The predicted octanol–water partition coefficient (Wildman–Crippen LogP) is 1.52. The van der Waals surface area contributed by atoms with E-state index in [0.29, 0.717) is 18.7 Å². The van der Waals surface area contributed by atoms with E-state index < -0.39 is 0 Å². The van der Waals surface area contributed by atoms with Gasteiger partial charge in [0.2, 0.25) is 0 Å². The van der Waals surface area contributed by atoms with Crippen LogP contribution in [0, 0.1) is 11.8 Å². The van der Waals surface area contributed by atoms with E-state index in [1.54, 1.807) is 6.07 Å². The highest BCUT2D eigenvalue weighted by Crippen LogP contribution is 2.05. The number of nitrogens with two attached hydrogens (primary N) is 1. The van der Waals surface area contributed by atoms with Crippen LogP contribution in [0.25, 0.3) is 0 Å². The fourth-order valence-corrected chi connectivity index (χ4v) is 1.59. The Morgan fingerprint density at radius 1 is 1.37 bits per heavy atom. The fraction of sp³-hybridized carbons (Fsp3) is 0.133. The third-order valence-electron chi connectivity index (χ3n) is 2.50. The van der Waals surface area contributed by atoms with Gasteiger partial charge in [-0.3, -0.25) is 4.79 Å². The van der Waals surface area contributed by atoms with Gasteiger partial charge in [-0.15, -0.1) is 0 Å². The Bertz CT molecular complexity index is 607. The lowest BCUT2D eigenvalue weighted by Crippen LogP contribution is -2.22. The molecule has 0 aliphatic rings. The fourth-order valence-electron chi connectivity index (χ4n) is 1.59. The van der Waals surface area contributed by atoms with Crippen LogP contribution in [0.4, 0.5) is 0 Å². The Kier molecular flexibility index (Phi) is 4.38. The summed E-state index contributed by atoms with van der Waals surface area (Å²) in [7, 11) is 0.